The molecule has 2 aromatic heterocycles. The molecule has 2 N–H and O–H groups in total. The van der Waals surface area contributed by atoms with Gasteiger partial charge in [0, 0.05) is 5.41 Å². The molecular formula is C33H41N3O3S2. The molecule has 0 radical (unpaired) electrons. The van der Waals surface area contributed by atoms with Crippen molar-refractivity contribution in [3.8, 4) is 0 Å². The molecule has 2 heterocycles. The van der Waals surface area contributed by atoms with Gasteiger partial charge < -0.3 is 10.2 Å². The first-order valence-electron chi connectivity index (χ1n) is 15.1. The Kier molecular flexibility index (Phi) is 6.27. The maximum atomic E-state index is 13.8. The van der Waals surface area contributed by atoms with Crippen LogP contribution in [-0.2, 0) is 16.8 Å². The summed E-state index contributed by atoms with van der Waals surface area (Å²) in [5, 5.41) is 28.8. The highest BCUT2D eigenvalue weighted by Gasteiger charge is 2.68. The molecule has 0 aliphatic heterocycles. The summed E-state index contributed by atoms with van der Waals surface area (Å²) in [6.45, 7) is 11.0. The Morgan fingerprint density at radius 3 is 2.76 bits per heavy atom. The lowest BCUT2D eigenvalue weighted by atomic mass is 9.45. The van der Waals surface area contributed by atoms with E-state index in [0.29, 0.717) is 12.8 Å². The van der Waals surface area contributed by atoms with Crippen LogP contribution in [0.3, 0.4) is 0 Å². The van der Waals surface area contributed by atoms with E-state index in [1.165, 1.54) is 28.6 Å². The SMILES string of the molecule is CC12Cc3cnn(C(C)(C)C)c3C=C1CCC1C2C(O)CC2(C)C1CC[C@]2(O)C(=O)CSc1nc2ccccc2s1. The summed E-state index contributed by atoms with van der Waals surface area (Å²) < 4.78 is 4.11. The number of rotatable bonds is 4. The number of para-hydroxylation sites is 1. The molecule has 41 heavy (non-hydrogen) atoms. The third kappa shape index (κ3) is 4.00. The van der Waals surface area contributed by atoms with Crippen molar-refractivity contribution in [3.63, 3.8) is 0 Å². The number of aliphatic hydroxyl groups is 2. The number of aromatic nitrogens is 3. The number of ketones is 1. The predicted molar refractivity (Wildman–Crippen MR) is 165 cm³/mol. The second kappa shape index (κ2) is 9.25. The van der Waals surface area contributed by atoms with Crippen LogP contribution in [0.4, 0.5) is 0 Å². The standard InChI is InChI=1S/C33H41N3O3S2/c1-30(2,3)36-24-14-20-10-11-21-22-12-13-33(39,27(38)18-40-29-35-23-8-6-7-9-26(23)41-29)32(22,5)16-25(37)28(21)31(20,4)15-19(24)17-34-36/h6-9,14,17,21-22,25,28,37,39H,10-13,15-16,18H2,1-5H3/t21?,22?,25?,28?,31?,32?,33-/m0/s1. The van der Waals surface area contributed by atoms with E-state index in [1.54, 1.807) is 11.3 Å². The first-order valence-corrected chi connectivity index (χ1v) is 16.9. The molecule has 4 aliphatic rings. The van der Waals surface area contributed by atoms with Crippen molar-refractivity contribution in [3.05, 3.63) is 47.3 Å². The average Bonchev–Trinajstić information content (AvgIpc) is 3.59. The molecule has 7 rings (SSSR count). The summed E-state index contributed by atoms with van der Waals surface area (Å²) in [6, 6.07) is 8.01. The fraction of sp³-hybridized carbons (Fsp3) is 0.606. The van der Waals surface area contributed by atoms with E-state index in [9.17, 15) is 15.0 Å². The van der Waals surface area contributed by atoms with Crippen molar-refractivity contribution in [2.45, 2.75) is 94.7 Å². The number of aliphatic hydroxyl groups excluding tert-OH is 1. The summed E-state index contributed by atoms with van der Waals surface area (Å²) in [5.74, 6) is 0.699. The molecule has 8 heteroatoms. The molecule has 4 aliphatic carbocycles. The van der Waals surface area contributed by atoms with Crippen molar-refractivity contribution in [1.29, 1.82) is 0 Å². The number of hydrogen-bond acceptors (Lipinski definition) is 7. The minimum absolute atomic E-state index is 0.0894. The Morgan fingerprint density at radius 2 is 2.00 bits per heavy atom. The van der Waals surface area contributed by atoms with Crippen LogP contribution in [0.2, 0.25) is 0 Å². The van der Waals surface area contributed by atoms with Gasteiger partial charge in [-0.15, -0.1) is 11.3 Å². The number of benzene rings is 1. The van der Waals surface area contributed by atoms with Gasteiger partial charge in [-0.3, -0.25) is 9.48 Å². The van der Waals surface area contributed by atoms with Gasteiger partial charge in [0.25, 0.3) is 0 Å². The topological polar surface area (TPSA) is 88.2 Å². The number of Topliss-reactive ketones (excluding diaryl/α,β-unsaturated/α-hetero) is 1. The monoisotopic (exact) mass is 591 g/mol. The average molecular weight is 592 g/mol. The van der Waals surface area contributed by atoms with Crippen LogP contribution in [0.25, 0.3) is 16.3 Å². The molecule has 0 bridgehead atoms. The number of fused-ring (bicyclic) bond motifs is 7. The van der Waals surface area contributed by atoms with Gasteiger partial charge >= 0.3 is 0 Å². The number of thiazole rings is 1. The number of hydrogen-bond donors (Lipinski definition) is 2. The zero-order valence-electron chi connectivity index (χ0n) is 24.7. The van der Waals surface area contributed by atoms with Crippen LogP contribution in [0.15, 0.2) is 40.4 Å². The van der Waals surface area contributed by atoms with Crippen molar-refractivity contribution in [2.75, 3.05) is 5.75 Å². The molecule has 6 nitrogen and oxygen atoms in total. The fourth-order valence-electron chi connectivity index (χ4n) is 9.34. The highest BCUT2D eigenvalue weighted by atomic mass is 32.2. The van der Waals surface area contributed by atoms with Crippen LogP contribution in [0.1, 0.15) is 78.0 Å². The molecule has 218 valence electrons. The molecule has 3 saturated carbocycles. The minimum atomic E-state index is -1.42. The molecule has 0 spiro atoms. The van der Waals surface area contributed by atoms with E-state index in [2.05, 4.69) is 50.4 Å². The summed E-state index contributed by atoms with van der Waals surface area (Å²) in [6.07, 6.45) is 8.46. The summed E-state index contributed by atoms with van der Waals surface area (Å²) in [4.78, 5) is 18.5. The number of carbonyl (C=O) groups is 1. The lowest BCUT2D eigenvalue weighted by Gasteiger charge is -2.60. The zero-order valence-corrected chi connectivity index (χ0v) is 26.3. The quantitative estimate of drug-likeness (QED) is 0.337. The van der Waals surface area contributed by atoms with Gasteiger partial charge in [-0.1, -0.05) is 43.3 Å². The van der Waals surface area contributed by atoms with Crippen molar-refractivity contribution in [2.24, 2.45) is 28.6 Å². The third-order valence-electron chi connectivity index (χ3n) is 11.3. The smallest absolute Gasteiger partial charge is 0.175 e. The number of thioether (sulfide) groups is 1. The highest BCUT2D eigenvalue weighted by molar-refractivity contribution is 8.01. The Morgan fingerprint density at radius 1 is 1.22 bits per heavy atom. The largest absolute Gasteiger partial charge is 0.393 e. The van der Waals surface area contributed by atoms with Crippen LogP contribution in [0.5, 0.6) is 0 Å². The van der Waals surface area contributed by atoms with Crippen LogP contribution in [0, 0.1) is 28.6 Å². The van der Waals surface area contributed by atoms with Crippen molar-refractivity contribution >= 4 is 45.2 Å². The van der Waals surface area contributed by atoms with Gasteiger partial charge in [0.1, 0.15) is 5.60 Å². The molecule has 0 saturated heterocycles. The van der Waals surface area contributed by atoms with Gasteiger partial charge in [-0.05, 0) is 106 Å². The summed E-state index contributed by atoms with van der Waals surface area (Å²) in [5.41, 5.74) is 2.56. The Labute approximate surface area is 250 Å². The molecule has 0 amide bonds. The van der Waals surface area contributed by atoms with Crippen LogP contribution < -0.4 is 0 Å². The Balaban J connectivity index is 1.14. The van der Waals surface area contributed by atoms with E-state index < -0.39 is 17.1 Å². The first-order chi connectivity index (χ1) is 19.3. The minimum Gasteiger partial charge on any atom is -0.393 e. The second-order valence-corrected chi connectivity index (χ2v) is 16.7. The maximum absolute atomic E-state index is 13.8. The lowest BCUT2D eigenvalue weighted by molar-refractivity contribution is -0.177. The molecule has 7 atom stereocenters. The molecule has 3 fully saturated rings. The molecule has 3 aromatic rings. The predicted octanol–water partition coefficient (Wildman–Crippen LogP) is 6.49. The lowest BCUT2D eigenvalue weighted by Crippen LogP contribution is -2.62. The van der Waals surface area contributed by atoms with E-state index in [4.69, 9.17) is 5.10 Å². The van der Waals surface area contributed by atoms with Gasteiger partial charge in [0.2, 0.25) is 0 Å². The van der Waals surface area contributed by atoms with Crippen molar-refractivity contribution in [1.82, 2.24) is 14.8 Å². The van der Waals surface area contributed by atoms with Crippen molar-refractivity contribution < 1.29 is 15.0 Å². The fourth-order valence-corrected chi connectivity index (χ4v) is 11.4. The first kappa shape index (κ1) is 27.8. The number of nitrogens with zero attached hydrogens (tertiary/aromatic N) is 3. The van der Waals surface area contributed by atoms with Crippen LogP contribution in [-0.4, -0.2) is 48.2 Å². The highest BCUT2D eigenvalue weighted by Crippen LogP contribution is 2.67. The van der Waals surface area contributed by atoms with E-state index >= 15 is 0 Å². The maximum Gasteiger partial charge on any atom is 0.175 e. The van der Waals surface area contributed by atoms with Gasteiger partial charge in [-0.2, -0.15) is 5.10 Å². The van der Waals surface area contributed by atoms with E-state index in [1.807, 2.05) is 30.5 Å². The second-order valence-electron chi connectivity index (χ2n) is 14.5. The number of allylic oxidation sites excluding steroid dienone is 1. The normalized spacial score (nSPS) is 36.3. The summed E-state index contributed by atoms with van der Waals surface area (Å²) in [7, 11) is 0. The third-order valence-corrected chi connectivity index (χ3v) is 13.5. The van der Waals surface area contributed by atoms with E-state index in [0.717, 1.165) is 40.2 Å². The summed E-state index contributed by atoms with van der Waals surface area (Å²) >= 11 is 3.03. The molecule has 6 unspecified atom stereocenters. The van der Waals surface area contributed by atoms with E-state index in [-0.39, 0.29) is 40.2 Å². The number of carbonyl (C=O) groups excluding carboxylic acids is 1. The van der Waals surface area contributed by atoms with Gasteiger partial charge in [-0.25, -0.2) is 4.98 Å². The van der Waals surface area contributed by atoms with Gasteiger partial charge in [0.15, 0.2) is 10.1 Å². The van der Waals surface area contributed by atoms with Crippen LogP contribution >= 0.6 is 23.1 Å². The Hall–Kier alpha value is -2.00. The molecular weight excluding hydrogens is 551 g/mol. The Bertz CT molecular complexity index is 1540. The molecule has 1 aromatic carbocycles. The van der Waals surface area contributed by atoms with Gasteiger partial charge in [0.05, 0.1) is 39.5 Å². The zero-order chi connectivity index (χ0) is 28.9.